The average Bonchev–Trinajstić information content (AvgIpc) is 1.60. The number of nitrogens with zero attached hydrogens (tertiary/aromatic N) is 17. The van der Waals surface area contributed by atoms with Crippen LogP contribution in [0.1, 0.15) is 20.3 Å². The number of carbonyl (C=O) groups is 3. The molecule has 6 aromatic carbocycles. The van der Waals surface area contributed by atoms with Gasteiger partial charge >= 0.3 is 0 Å². The second-order valence-corrected chi connectivity index (χ2v) is 28.3. The molecule has 0 atom stereocenters. The van der Waals surface area contributed by atoms with Crippen LogP contribution in [0.4, 0.5) is 0 Å². The first-order chi connectivity index (χ1) is 48.8. The monoisotopic (exact) mass is 1450 g/mol. The number of pyridine rings is 1. The number of hydrogen-bond donors (Lipinski definition) is 0. The standard InChI is InChI=1S/C27H28ClN5O.C24H23ClN6O3S.C24H25ClN6O.CH4/c1-31-15-13-21(14-16-31)32(2)23(34)18-33-27-24(26(30-33)20-11-7-4-8-12-20)25(28)22(17-29-27)19-9-5-3-6-10-19;1-35(33,34)30-14-12-29(13-15-30)19(32)16-31-24-20(22(28-31)17-8-4-2-5-9-17)21(25)23(26-27-24)18-10-6-3-7-11-18;1-29(2)14-15-30(3)19(32)16-31-24-20(22(28-31)17-10-6-4-7-11-17)21(25)23(26-27-24)18-12-8-5-9-13-18;/h3-12,17,21H,13-16,18H2,1-2H3;2-11H,12-16H2,1H3;4-13H,14-16H2,1-3H3;1H4. The number of likely N-dealkylation sites (N-methyl/N-ethyl adjacent to an activating group) is 3. The van der Waals surface area contributed by atoms with Gasteiger partial charge in [0.1, 0.15) is 48.1 Å². The molecule has 26 heteroatoms. The van der Waals surface area contributed by atoms with Crippen molar-refractivity contribution in [3.8, 4) is 67.4 Å². The molecule has 0 bridgehead atoms. The molecular weight excluding hydrogens is 1370 g/mol. The fourth-order valence-corrected chi connectivity index (χ4v) is 14.1. The van der Waals surface area contributed by atoms with Crippen molar-refractivity contribution >= 4 is 95.6 Å². The van der Waals surface area contributed by atoms with Gasteiger partial charge in [-0.3, -0.25) is 14.4 Å². The van der Waals surface area contributed by atoms with E-state index in [1.165, 1.54) is 15.2 Å². The summed E-state index contributed by atoms with van der Waals surface area (Å²) in [5, 5.41) is 35.5. The zero-order valence-electron chi connectivity index (χ0n) is 56.9. The molecule has 0 unspecified atom stereocenters. The topological polar surface area (TPSA) is 223 Å². The molecule has 2 aliphatic heterocycles. The number of benzene rings is 6. The Kier molecular flexibility index (Phi) is 23.6. The Morgan fingerprint density at radius 3 is 1.25 bits per heavy atom. The molecule has 0 aliphatic carbocycles. The Morgan fingerprint density at radius 2 is 0.833 bits per heavy atom. The summed E-state index contributed by atoms with van der Waals surface area (Å²) in [5.41, 5.74) is 10.9. The summed E-state index contributed by atoms with van der Waals surface area (Å²) in [7, 11) is 6.50. The Balaban J connectivity index is 0.000000153. The van der Waals surface area contributed by atoms with Crippen molar-refractivity contribution in [2.24, 2.45) is 0 Å². The van der Waals surface area contributed by atoms with E-state index in [1.807, 2.05) is 213 Å². The van der Waals surface area contributed by atoms with Crippen molar-refractivity contribution in [2.45, 2.75) is 45.9 Å². The van der Waals surface area contributed by atoms with E-state index < -0.39 is 10.0 Å². The normalized spacial score (nSPS) is 13.7. The number of likely N-dealkylation sites (tertiary alicyclic amines) is 1. The van der Waals surface area contributed by atoms with Crippen LogP contribution < -0.4 is 0 Å². The number of rotatable bonds is 17. The lowest BCUT2D eigenvalue weighted by atomic mass is 10.0. The first kappa shape index (κ1) is 73.4. The summed E-state index contributed by atoms with van der Waals surface area (Å²) >= 11 is 20.7. The number of hydrogen-bond acceptors (Lipinski definition) is 15. The van der Waals surface area contributed by atoms with Crippen LogP contribution >= 0.6 is 34.8 Å². The smallest absolute Gasteiger partial charge is 0.244 e. The summed E-state index contributed by atoms with van der Waals surface area (Å²) in [4.78, 5) is 53.5. The molecule has 6 aromatic heterocycles. The molecule has 2 saturated heterocycles. The first-order valence-electron chi connectivity index (χ1n) is 33.1. The largest absolute Gasteiger partial charge is 0.343 e. The van der Waals surface area contributed by atoms with Crippen LogP contribution in [0.5, 0.6) is 0 Å². The van der Waals surface area contributed by atoms with Crippen molar-refractivity contribution < 1.29 is 22.8 Å². The molecule has 3 amide bonds. The van der Waals surface area contributed by atoms with Gasteiger partial charge in [0.15, 0.2) is 16.9 Å². The lowest BCUT2D eigenvalue weighted by Gasteiger charge is -2.35. The fourth-order valence-electron chi connectivity index (χ4n) is 12.3. The third kappa shape index (κ3) is 16.5. The Labute approximate surface area is 608 Å². The van der Waals surface area contributed by atoms with Crippen LogP contribution in [0.15, 0.2) is 188 Å². The Morgan fingerprint density at radius 1 is 0.461 bits per heavy atom. The summed E-state index contributed by atoms with van der Waals surface area (Å²) in [6.07, 6.45) is 4.92. The predicted molar refractivity (Wildman–Crippen MR) is 405 cm³/mol. The van der Waals surface area contributed by atoms with Crippen molar-refractivity contribution in [1.82, 2.24) is 83.5 Å². The third-order valence-electron chi connectivity index (χ3n) is 18.1. The van der Waals surface area contributed by atoms with Crippen LogP contribution in [0.3, 0.4) is 0 Å². The number of fused-ring (bicyclic) bond motifs is 3. The van der Waals surface area contributed by atoms with Crippen molar-refractivity contribution in [2.75, 3.05) is 93.9 Å². The molecular formula is C76H80Cl3N17O5S. The molecule has 102 heavy (non-hydrogen) atoms. The minimum atomic E-state index is -3.28. The Hall–Kier alpha value is -9.85. The van der Waals surface area contributed by atoms with Crippen LogP contribution in [0.25, 0.3) is 101 Å². The maximum Gasteiger partial charge on any atom is 0.244 e. The first-order valence-corrected chi connectivity index (χ1v) is 36.1. The molecule has 12 aromatic rings. The van der Waals surface area contributed by atoms with Gasteiger partial charge in [-0.15, -0.1) is 20.4 Å². The number of piperazine rings is 1. The highest BCUT2D eigenvalue weighted by Gasteiger charge is 2.31. The van der Waals surface area contributed by atoms with Gasteiger partial charge in [-0.1, -0.05) is 224 Å². The molecule has 0 spiro atoms. The van der Waals surface area contributed by atoms with E-state index >= 15 is 0 Å². The quantitative estimate of drug-likeness (QED) is 0.0827. The lowest BCUT2D eigenvalue weighted by molar-refractivity contribution is -0.134. The second kappa shape index (κ2) is 32.9. The van der Waals surface area contributed by atoms with E-state index in [0.29, 0.717) is 85.2 Å². The van der Waals surface area contributed by atoms with E-state index in [2.05, 4.69) is 32.3 Å². The van der Waals surface area contributed by atoms with Crippen LogP contribution in [0.2, 0.25) is 15.1 Å². The zero-order chi connectivity index (χ0) is 70.9. The van der Waals surface area contributed by atoms with Gasteiger partial charge < -0.3 is 24.5 Å². The van der Waals surface area contributed by atoms with Gasteiger partial charge in [0.05, 0.1) is 37.5 Å². The van der Waals surface area contributed by atoms with Gasteiger partial charge in [-0.2, -0.15) is 19.6 Å². The fraction of sp³-hybridized carbons (Fsp3) is 0.276. The molecule has 0 N–H and O–H groups in total. The molecule has 2 fully saturated rings. The summed E-state index contributed by atoms with van der Waals surface area (Å²) in [5.74, 6) is -0.197. The van der Waals surface area contributed by atoms with E-state index in [9.17, 15) is 22.8 Å². The number of halogens is 3. The number of aromatic nitrogens is 11. The summed E-state index contributed by atoms with van der Waals surface area (Å²) in [6.45, 7) is 4.72. The van der Waals surface area contributed by atoms with Crippen LogP contribution in [-0.2, 0) is 44.0 Å². The van der Waals surface area contributed by atoms with E-state index in [-0.39, 0.29) is 63.9 Å². The van der Waals surface area contributed by atoms with Crippen LogP contribution in [-0.4, -0.2) is 210 Å². The maximum absolute atomic E-state index is 13.2. The SMILES string of the molecule is C.CN(C)CCN(C)C(=O)Cn1nc(-c2ccccc2)c2c(Cl)c(-c3ccccc3)nnc21.CN1CCC(N(C)C(=O)Cn2nc(-c3ccccc3)c3c(Cl)c(-c4ccccc4)cnc32)CC1.CS(=O)(=O)N1CCN(C(=O)Cn2nc(-c3ccccc3)c3c(Cl)c(-c4ccccc4)nnc32)CC1. The van der Waals surface area contributed by atoms with Gasteiger partial charge in [-0.05, 0) is 52.6 Å². The zero-order valence-corrected chi connectivity index (χ0v) is 59.9. The predicted octanol–water partition coefficient (Wildman–Crippen LogP) is 12.4. The van der Waals surface area contributed by atoms with Crippen molar-refractivity contribution in [3.63, 3.8) is 0 Å². The van der Waals surface area contributed by atoms with Crippen molar-refractivity contribution in [1.29, 1.82) is 0 Å². The second-order valence-electron chi connectivity index (χ2n) is 25.2. The molecule has 14 rings (SSSR count). The van der Waals surface area contributed by atoms with Gasteiger partial charge in [0.2, 0.25) is 27.7 Å². The number of carbonyl (C=O) groups excluding carboxylic acids is 3. The minimum Gasteiger partial charge on any atom is -0.343 e. The highest BCUT2D eigenvalue weighted by atomic mass is 35.5. The summed E-state index contributed by atoms with van der Waals surface area (Å²) in [6, 6.07) is 58.7. The average molecular weight is 1450 g/mol. The summed E-state index contributed by atoms with van der Waals surface area (Å²) < 4.78 is 29.8. The number of piperidine rings is 1. The molecule has 526 valence electrons. The lowest BCUT2D eigenvalue weighted by Crippen LogP contribution is -2.51. The van der Waals surface area contributed by atoms with Crippen LogP contribution in [0, 0.1) is 0 Å². The van der Waals surface area contributed by atoms with Gasteiger partial charge in [0.25, 0.3) is 0 Å². The maximum atomic E-state index is 13.2. The highest BCUT2D eigenvalue weighted by Crippen LogP contribution is 2.41. The number of sulfonamides is 1. The van der Waals surface area contributed by atoms with Gasteiger partial charge in [0, 0.05) is 99.0 Å². The molecule has 2 aliphatic rings. The van der Waals surface area contributed by atoms with Gasteiger partial charge in [-0.25, -0.2) is 27.4 Å². The van der Waals surface area contributed by atoms with E-state index in [4.69, 9.17) is 55.1 Å². The van der Waals surface area contributed by atoms with E-state index in [0.717, 1.165) is 82.5 Å². The molecule has 8 heterocycles. The Bertz CT molecular complexity index is 5000. The molecule has 0 radical (unpaired) electrons. The van der Waals surface area contributed by atoms with E-state index in [1.54, 1.807) is 32.4 Å². The molecule has 0 saturated carbocycles. The number of amides is 3. The minimum absolute atomic E-state index is 0. The molecule has 22 nitrogen and oxygen atoms in total. The van der Waals surface area contributed by atoms with Crippen molar-refractivity contribution in [3.05, 3.63) is 203 Å². The third-order valence-corrected chi connectivity index (χ3v) is 20.5. The highest BCUT2D eigenvalue weighted by molar-refractivity contribution is 7.88.